The summed E-state index contributed by atoms with van der Waals surface area (Å²) < 4.78 is 0. The van der Waals surface area contributed by atoms with Crippen molar-refractivity contribution in [1.29, 1.82) is 0 Å². The number of amides is 1. The molecule has 2 heterocycles. The van der Waals surface area contributed by atoms with E-state index in [1.54, 1.807) is 12.4 Å². The van der Waals surface area contributed by atoms with Gasteiger partial charge in [0.2, 0.25) is 5.91 Å². The summed E-state index contributed by atoms with van der Waals surface area (Å²) in [4.78, 5) is 16.1. The minimum atomic E-state index is -0.436. The van der Waals surface area contributed by atoms with Gasteiger partial charge in [0.15, 0.2) is 0 Å². The molecule has 2 aromatic rings. The monoisotopic (exact) mass is 355 g/mol. The molecule has 1 aromatic heterocycles. The molecule has 7 heteroatoms. The van der Waals surface area contributed by atoms with E-state index in [-0.39, 0.29) is 36.8 Å². The fourth-order valence-electron chi connectivity index (χ4n) is 2.43. The van der Waals surface area contributed by atoms with Crippen LogP contribution in [0.2, 0.25) is 0 Å². The first-order valence-electron chi connectivity index (χ1n) is 6.95. The Kier molecular flexibility index (Phi) is 7.45. The van der Waals surface area contributed by atoms with Crippen LogP contribution in [0.25, 0.3) is 11.1 Å². The van der Waals surface area contributed by atoms with Crippen LogP contribution in [0.15, 0.2) is 48.8 Å². The number of β-amino-alcohol motifs (C(OH)–C–C–N with tert-alkyl or cyclic N) is 1. The lowest BCUT2D eigenvalue weighted by Crippen LogP contribution is -2.35. The number of nitrogens with one attached hydrogen (secondary N) is 2. The number of pyridine rings is 1. The first kappa shape index (κ1) is 19.4. The highest BCUT2D eigenvalue weighted by Crippen LogP contribution is 2.20. The van der Waals surface area contributed by atoms with E-state index in [0.717, 1.165) is 16.8 Å². The number of halogens is 2. The summed E-state index contributed by atoms with van der Waals surface area (Å²) in [6.45, 7) is 0.470. The van der Waals surface area contributed by atoms with Crippen LogP contribution in [-0.4, -0.2) is 34.7 Å². The molecule has 1 aromatic carbocycles. The lowest BCUT2D eigenvalue weighted by molar-refractivity contribution is -0.117. The van der Waals surface area contributed by atoms with Crippen molar-refractivity contribution in [3.8, 4) is 11.1 Å². The zero-order valence-corrected chi connectivity index (χ0v) is 13.9. The van der Waals surface area contributed by atoms with Crippen molar-refractivity contribution in [2.24, 2.45) is 0 Å². The number of rotatable bonds is 3. The van der Waals surface area contributed by atoms with E-state index in [4.69, 9.17) is 0 Å². The Morgan fingerprint density at radius 1 is 1.17 bits per heavy atom. The highest BCUT2D eigenvalue weighted by atomic mass is 35.5. The Balaban J connectivity index is 0.00000132. The number of hydrogen-bond donors (Lipinski definition) is 3. The van der Waals surface area contributed by atoms with Crippen molar-refractivity contribution in [3.05, 3.63) is 48.8 Å². The second-order valence-electron chi connectivity index (χ2n) is 5.16. The van der Waals surface area contributed by atoms with Crippen LogP contribution in [0.4, 0.5) is 5.69 Å². The Labute approximate surface area is 147 Å². The molecule has 0 aliphatic carbocycles. The lowest BCUT2D eigenvalue weighted by Gasteiger charge is -2.11. The Hall–Kier alpha value is -1.66. The van der Waals surface area contributed by atoms with E-state index < -0.39 is 6.10 Å². The molecular weight excluding hydrogens is 337 g/mol. The van der Waals surface area contributed by atoms with Gasteiger partial charge in [-0.2, -0.15) is 0 Å². The normalized spacial score (nSPS) is 19.3. The van der Waals surface area contributed by atoms with Crippen LogP contribution in [0, 0.1) is 0 Å². The molecule has 3 N–H and O–H groups in total. The zero-order chi connectivity index (χ0) is 14.7. The van der Waals surface area contributed by atoms with E-state index in [1.165, 1.54) is 0 Å². The summed E-state index contributed by atoms with van der Waals surface area (Å²) in [6.07, 6.45) is 3.56. The third-order valence-electron chi connectivity index (χ3n) is 3.57. The van der Waals surface area contributed by atoms with Gasteiger partial charge in [-0.1, -0.05) is 18.2 Å². The van der Waals surface area contributed by atoms with Gasteiger partial charge in [0.1, 0.15) is 0 Å². The number of aliphatic hydroxyl groups excluding tert-OH is 1. The molecule has 124 valence electrons. The van der Waals surface area contributed by atoms with Crippen molar-refractivity contribution in [3.63, 3.8) is 0 Å². The summed E-state index contributed by atoms with van der Waals surface area (Å²) in [5.41, 5.74) is 2.84. The van der Waals surface area contributed by atoms with Crippen molar-refractivity contribution in [1.82, 2.24) is 10.3 Å². The fraction of sp³-hybridized carbons (Fsp3) is 0.250. The molecule has 0 unspecified atom stereocenters. The van der Waals surface area contributed by atoms with Gasteiger partial charge in [0.05, 0.1) is 12.1 Å². The second kappa shape index (κ2) is 8.84. The second-order valence-corrected chi connectivity index (χ2v) is 5.16. The topological polar surface area (TPSA) is 74.2 Å². The number of anilines is 1. The molecule has 1 aliphatic rings. The third-order valence-corrected chi connectivity index (χ3v) is 3.57. The number of aliphatic hydroxyl groups is 1. The van der Waals surface area contributed by atoms with Crippen LogP contribution in [0.1, 0.15) is 6.42 Å². The number of hydrogen-bond acceptors (Lipinski definition) is 4. The van der Waals surface area contributed by atoms with Gasteiger partial charge in [-0.05, 0) is 35.7 Å². The number of carbonyl (C=O) groups excluding carboxylic acids is 1. The SMILES string of the molecule is Cl.Cl.O=C(Nc1ccc(-c2cccnc2)cc1)[C@H]1C[C@@H](O)CN1. The van der Waals surface area contributed by atoms with Gasteiger partial charge in [0.25, 0.3) is 0 Å². The van der Waals surface area contributed by atoms with Gasteiger partial charge >= 0.3 is 0 Å². The summed E-state index contributed by atoms with van der Waals surface area (Å²) in [5, 5.41) is 15.3. The van der Waals surface area contributed by atoms with Crippen LogP contribution >= 0.6 is 24.8 Å². The standard InChI is InChI=1S/C16H17N3O2.2ClH/c20-14-8-15(18-10-14)16(21)19-13-5-3-11(4-6-13)12-2-1-7-17-9-12;;/h1-7,9,14-15,18,20H,8,10H2,(H,19,21);2*1H/t14-,15-;;/m1../s1. The smallest absolute Gasteiger partial charge is 0.241 e. The van der Waals surface area contributed by atoms with Crippen molar-refractivity contribution in [2.75, 3.05) is 11.9 Å². The van der Waals surface area contributed by atoms with Gasteiger partial charge in [-0.15, -0.1) is 24.8 Å². The number of nitrogens with zero attached hydrogens (tertiary/aromatic N) is 1. The maximum atomic E-state index is 12.0. The molecule has 1 amide bonds. The average Bonchev–Trinajstić information content (AvgIpc) is 2.96. The Bertz CT molecular complexity index is 623. The Morgan fingerprint density at radius 2 is 1.91 bits per heavy atom. The van der Waals surface area contributed by atoms with Crippen molar-refractivity contribution >= 4 is 36.4 Å². The molecule has 2 atom stereocenters. The number of benzene rings is 1. The van der Waals surface area contributed by atoms with Crippen molar-refractivity contribution < 1.29 is 9.90 Å². The number of aromatic nitrogens is 1. The van der Waals surface area contributed by atoms with Gasteiger partial charge in [0, 0.05) is 24.6 Å². The molecule has 5 nitrogen and oxygen atoms in total. The van der Waals surface area contributed by atoms with E-state index in [1.807, 2.05) is 36.4 Å². The predicted octanol–water partition coefficient (Wildman–Crippen LogP) is 2.25. The third kappa shape index (κ3) is 4.91. The largest absolute Gasteiger partial charge is 0.392 e. The molecule has 1 saturated heterocycles. The maximum Gasteiger partial charge on any atom is 0.241 e. The van der Waals surface area contributed by atoms with E-state index in [9.17, 15) is 9.90 Å². The first-order valence-corrected chi connectivity index (χ1v) is 6.95. The first-order chi connectivity index (χ1) is 10.2. The van der Waals surface area contributed by atoms with E-state index >= 15 is 0 Å². The maximum absolute atomic E-state index is 12.0. The Morgan fingerprint density at radius 3 is 2.48 bits per heavy atom. The minimum absolute atomic E-state index is 0. The molecule has 1 fully saturated rings. The predicted molar refractivity (Wildman–Crippen MR) is 95.2 cm³/mol. The van der Waals surface area contributed by atoms with Gasteiger partial charge in [-0.25, -0.2) is 0 Å². The zero-order valence-electron chi connectivity index (χ0n) is 12.3. The molecule has 0 radical (unpaired) electrons. The molecule has 0 bridgehead atoms. The lowest BCUT2D eigenvalue weighted by atomic mass is 10.1. The van der Waals surface area contributed by atoms with E-state index in [0.29, 0.717) is 13.0 Å². The highest BCUT2D eigenvalue weighted by molar-refractivity contribution is 5.95. The van der Waals surface area contributed by atoms with Crippen molar-refractivity contribution in [2.45, 2.75) is 18.6 Å². The number of carbonyl (C=O) groups is 1. The van der Waals surface area contributed by atoms with E-state index in [2.05, 4.69) is 15.6 Å². The molecule has 1 aliphatic heterocycles. The molecule has 0 saturated carbocycles. The van der Waals surface area contributed by atoms with Crippen LogP contribution < -0.4 is 10.6 Å². The summed E-state index contributed by atoms with van der Waals surface area (Å²) >= 11 is 0. The van der Waals surface area contributed by atoms with Crippen LogP contribution in [0.5, 0.6) is 0 Å². The van der Waals surface area contributed by atoms with Gasteiger partial charge in [-0.3, -0.25) is 9.78 Å². The summed E-state index contributed by atoms with van der Waals surface area (Å²) in [7, 11) is 0. The summed E-state index contributed by atoms with van der Waals surface area (Å²) in [5.74, 6) is -0.110. The van der Waals surface area contributed by atoms with Crippen LogP contribution in [-0.2, 0) is 4.79 Å². The summed E-state index contributed by atoms with van der Waals surface area (Å²) in [6, 6.07) is 11.2. The molecule has 3 rings (SSSR count). The molecule has 0 spiro atoms. The van der Waals surface area contributed by atoms with Gasteiger partial charge < -0.3 is 15.7 Å². The van der Waals surface area contributed by atoms with Crippen LogP contribution in [0.3, 0.4) is 0 Å². The molecular formula is C16H19Cl2N3O2. The quantitative estimate of drug-likeness (QED) is 0.789. The molecule has 23 heavy (non-hydrogen) atoms. The average molecular weight is 356 g/mol. The highest BCUT2D eigenvalue weighted by Gasteiger charge is 2.27. The minimum Gasteiger partial charge on any atom is -0.392 e. The fourth-order valence-corrected chi connectivity index (χ4v) is 2.43.